The molecule has 0 saturated carbocycles. The van der Waals surface area contributed by atoms with Crippen molar-refractivity contribution in [1.82, 2.24) is 10.1 Å². The first-order valence-corrected chi connectivity index (χ1v) is 9.89. The number of benzene rings is 3. The first kappa shape index (κ1) is 18.9. The lowest BCUT2D eigenvalue weighted by Crippen LogP contribution is -2.38. The minimum atomic E-state index is -0.162. The summed E-state index contributed by atoms with van der Waals surface area (Å²) in [7, 11) is 0. The van der Waals surface area contributed by atoms with E-state index in [4.69, 9.17) is 14.0 Å². The van der Waals surface area contributed by atoms with Crippen molar-refractivity contribution in [2.24, 2.45) is 0 Å². The highest BCUT2D eigenvalue weighted by Gasteiger charge is 2.27. The standard InChI is InChI=1S/C24H19N3O4/c28-23-16-30-21-13-7-5-11-19(21)27(23)14-22-25-24(26-31-22)18-10-4-6-12-20(18)29-15-17-8-2-1-3-9-17/h1-13H,14-16H2. The molecule has 2 heterocycles. The molecule has 0 aliphatic carbocycles. The molecule has 0 fully saturated rings. The Balaban J connectivity index is 1.36. The van der Waals surface area contributed by atoms with Crippen molar-refractivity contribution in [3.63, 3.8) is 0 Å². The average Bonchev–Trinajstić information content (AvgIpc) is 3.29. The van der Waals surface area contributed by atoms with E-state index in [1.807, 2.05) is 78.9 Å². The Morgan fingerprint density at radius 2 is 1.71 bits per heavy atom. The monoisotopic (exact) mass is 413 g/mol. The second kappa shape index (κ2) is 8.31. The normalized spacial score (nSPS) is 12.9. The number of aromatic nitrogens is 2. The third-order valence-corrected chi connectivity index (χ3v) is 4.93. The molecule has 31 heavy (non-hydrogen) atoms. The van der Waals surface area contributed by atoms with Gasteiger partial charge >= 0.3 is 0 Å². The van der Waals surface area contributed by atoms with Gasteiger partial charge in [0.1, 0.15) is 24.7 Å². The van der Waals surface area contributed by atoms with E-state index in [2.05, 4.69) is 10.1 Å². The molecule has 1 amide bonds. The van der Waals surface area contributed by atoms with Gasteiger partial charge in [-0.2, -0.15) is 4.98 Å². The second-order valence-corrected chi connectivity index (χ2v) is 7.02. The number of amides is 1. The van der Waals surface area contributed by atoms with Gasteiger partial charge in [-0.3, -0.25) is 9.69 Å². The van der Waals surface area contributed by atoms with Crippen LogP contribution in [-0.4, -0.2) is 22.7 Å². The molecule has 1 aliphatic rings. The Kier molecular flexibility index (Phi) is 5.06. The van der Waals surface area contributed by atoms with Gasteiger partial charge in [0.05, 0.1) is 11.3 Å². The van der Waals surface area contributed by atoms with Gasteiger partial charge in [0.15, 0.2) is 6.61 Å². The van der Waals surface area contributed by atoms with E-state index in [1.54, 1.807) is 4.90 Å². The van der Waals surface area contributed by atoms with Gasteiger partial charge < -0.3 is 14.0 Å². The zero-order valence-corrected chi connectivity index (χ0v) is 16.6. The van der Waals surface area contributed by atoms with Crippen molar-refractivity contribution in [3.8, 4) is 22.9 Å². The minimum absolute atomic E-state index is 0.0197. The maximum absolute atomic E-state index is 12.4. The molecular weight excluding hydrogens is 394 g/mol. The lowest BCUT2D eigenvalue weighted by Gasteiger charge is -2.27. The van der Waals surface area contributed by atoms with Crippen LogP contribution in [0.15, 0.2) is 83.4 Å². The van der Waals surface area contributed by atoms with E-state index in [1.165, 1.54) is 0 Å². The summed E-state index contributed by atoms with van der Waals surface area (Å²) >= 11 is 0. The maximum Gasteiger partial charge on any atom is 0.265 e. The third-order valence-electron chi connectivity index (χ3n) is 4.93. The van der Waals surface area contributed by atoms with Crippen LogP contribution < -0.4 is 14.4 Å². The van der Waals surface area contributed by atoms with Crippen molar-refractivity contribution in [2.45, 2.75) is 13.2 Å². The summed E-state index contributed by atoms with van der Waals surface area (Å²) < 4.78 is 16.9. The maximum atomic E-state index is 12.4. The van der Waals surface area contributed by atoms with Gasteiger partial charge in [-0.05, 0) is 29.8 Å². The zero-order valence-electron chi connectivity index (χ0n) is 16.6. The van der Waals surface area contributed by atoms with Gasteiger partial charge in [-0.25, -0.2) is 0 Å². The van der Waals surface area contributed by atoms with Crippen molar-refractivity contribution in [1.29, 1.82) is 0 Å². The fraction of sp³-hybridized carbons (Fsp3) is 0.125. The Hall–Kier alpha value is -4.13. The Bertz CT molecular complexity index is 1210. The number of carbonyl (C=O) groups excluding carboxylic acids is 1. The molecule has 7 nitrogen and oxygen atoms in total. The van der Waals surface area contributed by atoms with E-state index >= 15 is 0 Å². The summed E-state index contributed by atoms with van der Waals surface area (Å²) in [5, 5.41) is 4.11. The Morgan fingerprint density at radius 1 is 0.935 bits per heavy atom. The Morgan fingerprint density at radius 3 is 2.61 bits per heavy atom. The molecule has 0 N–H and O–H groups in total. The van der Waals surface area contributed by atoms with Gasteiger partial charge in [-0.15, -0.1) is 0 Å². The number of hydrogen-bond donors (Lipinski definition) is 0. The number of rotatable bonds is 6. The largest absolute Gasteiger partial charge is 0.488 e. The van der Waals surface area contributed by atoms with Crippen LogP contribution in [0.25, 0.3) is 11.4 Å². The smallest absolute Gasteiger partial charge is 0.265 e. The SMILES string of the molecule is O=C1COc2ccccc2N1Cc1nc(-c2ccccc2OCc2ccccc2)no1. The molecule has 4 aromatic rings. The van der Waals surface area contributed by atoms with E-state index in [9.17, 15) is 4.79 Å². The van der Waals surface area contributed by atoms with Gasteiger partial charge in [0, 0.05) is 0 Å². The second-order valence-electron chi connectivity index (χ2n) is 7.02. The fourth-order valence-corrected chi connectivity index (χ4v) is 3.40. The van der Waals surface area contributed by atoms with Crippen molar-refractivity contribution >= 4 is 11.6 Å². The molecule has 0 unspecified atom stereocenters. The van der Waals surface area contributed by atoms with Gasteiger partial charge in [0.25, 0.3) is 5.91 Å². The van der Waals surface area contributed by atoms with Crippen LogP contribution in [0.2, 0.25) is 0 Å². The molecule has 1 aliphatic heterocycles. The van der Waals surface area contributed by atoms with Crippen LogP contribution in [-0.2, 0) is 17.9 Å². The van der Waals surface area contributed by atoms with E-state index < -0.39 is 0 Å². The van der Waals surface area contributed by atoms with Crippen molar-refractivity contribution in [3.05, 3.63) is 90.3 Å². The predicted octanol–water partition coefficient (Wildman–Crippen LogP) is 4.24. The molecule has 7 heteroatoms. The topological polar surface area (TPSA) is 77.7 Å². The number of anilines is 1. The number of ether oxygens (including phenoxy) is 2. The first-order chi connectivity index (χ1) is 15.3. The quantitative estimate of drug-likeness (QED) is 0.471. The number of para-hydroxylation sites is 3. The highest BCUT2D eigenvalue weighted by Crippen LogP contribution is 2.33. The summed E-state index contributed by atoms with van der Waals surface area (Å²) in [6, 6.07) is 24.8. The molecule has 0 radical (unpaired) electrons. The van der Waals surface area contributed by atoms with Gasteiger partial charge in [-0.1, -0.05) is 59.8 Å². The highest BCUT2D eigenvalue weighted by atomic mass is 16.5. The number of fused-ring (bicyclic) bond motifs is 1. The number of hydrogen-bond acceptors (Lipinski definition) is 6. The van der Waals surface area contributed by atoms with Crippen LogP contribution in [0.5, 0.6) is 11.5 Å². The molecule has 0 atom stereocenters. The molecule has 1 aromatic heterocycles. The zero-order chi connectivity index (χ0) is 21.0. The summed E-state index contributed by atoms with van der Waals surface area (Å²) in [4.78, 5) is 18.5. The molecule has 5 rings (SSSR count). The summed E-state index contributed by atoms with van der Waals surface area (Å²) in [6.07, 6.45) is 0. The molecule has 0 bridgehead atoms. The van der Waals surface area contributed by atoms with Crippen LogP contribution >= 0.6 is 0 Å². The third kappa shape index (κ3) is 3.98. The lowest BCUT2D eigenvalue weighted by atomic mass is 10.2. The van der Waals surface area contributed by atoms with Crippen molar-refractivity contribution < 1.29 is 18.8 Å². The predicted molar refractivity (Wildman–Crippen MR) is 114 cm³/mol. The van der Waals surface area contributed by atoms with Crippen LogP contribution in [0.1, 0.15) is 11.5 Å². The average molecular weight is 413 g/mol. The van der Waals surface area contributed by atoms with Crippen LogP contribution in [0.4, 0.5) is 5.69 Å². The van der Waals surface area contributed by atoms with E-state index in [0.29, 0.717) is 35.5 Å². The van der Waals surface area contributed by atoms with Crippen molar-refractivity contribution in [2.75, 3.05) is 11.5 Å². The lowest BCUT2D eigenvalue weighted by molar-refractivity contribution is -0.121. The molecule has 3 aromatic carbocycles. The van der Waals surface area contributed by atoms with E-state index in [0.717, 1.165) is 11.1 Å². The van der Waals surface area contributed by atoms with Crippen LogP contribution in [0.3, 0.4) is 0 Å². The minimum Gasteiger partial charge on any atom is -0.488 e. The molecule has 0 saturated heterocycles. The summed E-state index contributed by atoms with van der Waals surface area (Å²) in [5.74, 6) is 1.89. The highest BCUT2D eigenvalue weighted by molar-refractivity contribution is 5.97. The summed E-state index contributed by atoms with van der Waals surface area (Å²) in [6.45, 7) is 0.578. The van der Waals surface area contributed by atoms with E-state index in [-0.39, 0.29) is 19.1 Å². The molecular formula is C24H19N3O4. The molecule has 0 spiro atoms. The van der Waals surface area contributed by atoms with Crippen LogP contribution in [0, 0.1) is 0 Å². The van der Waals surface area contributed by atoms with Gasteiger partial charge in [0.2, 0.25) is 11.7 Å². The fourth-order valence-electron chi connectivity index (χ4n) is 3.40. The first-order valence-electron chi connectivity index (χ1n) is 9.89. The number of nitrogens with zero attached hydrogens (tertiary/aromatic N) is 3. The summed E-state index contributed by atoms with van der Waals surface area (Å²) in [5.41, 5.74) is 2.47. The molecule has 154 valence electrons. The Labute approximate surface area is 178 Å². The number of carbonyl (C=O) groups is 1.